The second-order valence-corrected chi connectivity index (χ2v) is 28.1. The molecule has 2 unspecified atom stereocenters. The number of carboxylic acids is 2. The maximum absolute atomic E-state index is 14.0. The molecule has 0 aromatic carbocycles. The van der Waals surface area contributed by atoms with Crippen LogP contribution < -0.4 is 10.6 Å². The highest BCUT2D eigenvalue weighted by atomic mass is 16.6. The van der Waals surface area contributed by atoms with E-state index in [2.05, 4.69) is 38.3 Å². The summed E-state index contributed by atoms with van der Waals surface area (Å²) in [6.07, 6.45) is 66.0. The molecule has 16 nitrogen and oxygen atoms in total. The lowest BCUT2D eigenvalue weighted by atomic mass is 10.0. The van der Waals surface area contributed by atoms with Crippen LogP contribution >= 0.6 is 0 Å². The monoisotopic (exact) mass is 1360 g/mol. The number of unbranched alkanes of at least 4 members (excludes halogenated alkanes) is 52. The first-order valence-corrected chi connectivity index (χ1v) is 41.0. The fraction of sp³-hybridized carbons (Fsp3) is 0.925. The van der Waals surface area contributed by atoms with Crippen LogP contribution in [-0.2, 0) is 38.1 Å². The zero-order chi connectivity index (χ0) is 70.1. The van der Waals surface area contributed by atoms with Gasteiger partial charge in [-0.15, -0.1) is 0 Å². The third-order valence-electron chi connectivity index (χ3n) is 19.0. The molecule has 0 aromatic heterocycles. The molecule has 0 bridgehead atoms. The van der Waals surface area contributed by atoms with E-state index in [1.165, 1.54) is 283 Å². The summed E-state index contributed by atoms with van der Waals surface area (Å²) in [5.74, 6) is -3.17. The number of amides is 4. The molecule has 96 heavy (non-hydrogen) atoms. The highest BCUT2D eigenvalue weighted by Gasteiger charge is 2.30. The predicted octanol–water partition coefficient (Wildman–Crippen LogP) is 21.7. The number of nitrogens with one attached hydrogen (secondary N) is 2. The number of carbonyl (C=O) groups is 6. The Morgan fingerprint density at radius 3 is 0.604 bits per heavy atom. The molecule has 0 aliphatic rings. The van der Waals surface area contributed by atoms with Gasteiger partial charge in [-0.25, -0.2) is 9.59 Å². The standard InChI is InChI=1S/C80H154N4O12/c1-5-9-13-17-21-25-29-33-37-41-45-49-53-57-61-83(62-58-54-50-46-42-38-34-30-26-22-18-14-10-6-2)77(89)73(71-75(85)86)81-79(91)95-69-67-93-65-66-94-68-70-96-80(92)82-74(72-76(87)88)78(90)84(63-59-55-51-47-43-39-35-31-27-23-19-15-11-7-3)64-60-56-52-48-44-40-36-32-28-24-20-16-12-8-4/h73-74H,5-72H2,1-4H3,(H,81,91)(H,82,92)(H,85,86)(H,87,88). The van der Waals surface area contributed by atoms with Gasteiger partial charge in [0.25, 0.3) is 0 Å². The second kappa shape index (κ2) is 74.0. The summed E-state index contributed by atoms with van der Waals surface area (Å²) in [5.41, 5.74) is 0. The van der Waals surface area contributed by atoms with E-state index in [1.54, 1.807) is 9.80 Å². The SMILES string of the molecule is CCCCCCCCCCCCCCCCN(CCCCCCCCCCCCCCCC)C(=O)C(CC(=O)O)NC(=O)OCCOCCOCCOC(=O)NC(CC(=O)O)C(=O)N(CCCCCCCCCCCCCCCC)CCCCCCCCCCCCCCCC. The van der Waals surface area contributed by atoms with Crippen LogP contribution in [0.25, 0.3) is 0 Å². The van der Waals surface area contributed by atoms with E-state index < -0.39 is 60.9 Å². The maximum Gasteiger partial charge on any atom is 0.407 e. The van der Waals surface area contributed by atoms with Crippen molar-refractivity contribution in [3.05, 3.63) is 0 Å². The van der Waals surface area contributed by atoms with Crippen LogP contribution in [-0.4, -0.2) is 134 Å². The van der Waals surface area contributed by atoms with E-state index in [0.29, 0.717) is 26.2 Å². The Balaban J connectivity index is 5.09. The first-order chi connectivity index (χ1) is 47.0. The molecule has 0 radical (unpaired) electrons. The number of rotatable bonds is 77. The predicted molar refractivity (Wildman–Crippen MR) is 397 cm³/mol. The van der Waals surface area contributed by atoms with Crippen molar-refractivity contribution in [2.75, 3.05) is 65.8 Å². The number of alkyl carbamates (subject to hydrolysis) is 2. The van der Waals surface area contributed by atoms with Crippen LogP contribution in [0.2, 0.25) is 0 Å². The Morgan fingerprint density at radius 2 is 0.427 bits per heavy atom. The minimum atomic E-state index is -1.27. The largest absolute Gasteiger partial charge is 0.481 e. The van der Waals surface area contributed by atoms with Crippen LogP contribution in [0.1, 0.15) is 400 Å². The smallest absolute Gasteiger partial charge is 0.407 e. The zero-order valence-corrected chi connectivity index (χ0v) is 63.1. The average Bonchev–Trinajstić information content (AvgIpc) is 3.77. The van der Waals surface area contributed by atoms with Crippen molar-refractivity contribution in [3.63, 3.8) is 0 Å². The van der Waals surface area contributed by atoms with Gasteiger partial charge >= 0.3 is 24.1 Å². The summed E-state index contributed by atoms with van der Waals surface area (Å²) >= 11 is 0. The van der Waals surface area contributed by atoms with Crippen molar-refractivity contribution in [2.45, 2.75) is 412 Å². The number of carbonyl (C=O) groups excluding carboxylic acids is 4. The van der Waals surface area contributed by atoms with E-state index in [1.807, 2.05) is 0 Å². The van der Waals surface area contributed by atoms with E-state index in [0.717, 1.165) is 77.0 Å². The van der Waals surface area contributed by atoms with Gasteiger partial charge in [0.1, 0.15) is 25.3 Å². The molecule has 0 aromatic rings. The van der Waals surface area contributed by atoms with Crippen molar-refractivity contribution in [2.24, 2.45) is 0 Å². The molecule has 0 heterocycles. The van der Waals surface area contributed by atoms with E-state index in [9.17, 15) is 39.0 Å². The Bertz CT molecular complexity index is 1560. The molecule has 566 valence electrons. The van der Waals surface area contributed by atoms with Gasteiger partial charge in [0, 0.05) is 26.2 Å². The fourth-order valence-corrected chi connectivity index (χ4v) is 12.9. The second-order valence-electron chi connectivity index (χ2n) is 28.1. The number of hydrogen-bond acceptors (Lipinski definition) is 10. The summed E-state index contributed by atoms with van der Waals surface area (Å²) in [6, 6.07) is -2.53. The molecular weight excluding hydrogens is 1210 g/mol. The summed E-state index contributed by atoms with van der Waals surface area (Å²) < 4.78 is 21.8. The first-order valence-electron chi connectivity index (χ1n) is 41.0. The molecule has 0 spiro atoms. The van der Waals surface area contributed by atoms with Gasteiger partial charge in [0.2, 0.25) is 11.8 Å². The molecule has 0 saturated carbocycles. The van der Waals surface area contributed by atoms with Gasteiger partial charge in [0.05, 0.1) is 39.3 Å². The number of nitrogens with zero attached hydrogens (tertiary/aromatic N) is 2. The van der Waals surface area contributed by atoms with Crippen LogP contribution in [0.5, 0.6) is 0 Å². The van der Waals surface area contributed by atoms with Gasteiger partial charge in [0.15, 0.2) is 0 Å². The molecule has 0 aliphatic heterocycles. The Hall–Kier alpha value is -3.66. The topological polar surface area (TPSA) is 210 Å². The molecule has 0 rings (SSSR count). The summed E-state index contributed by atoms with van der Waals surface area (Å²) in [6.45, 7) is 11.1. The third-order valence-corrected chi connectivity index (χ3v) is 19.0. The molecular formula is C80H154N4O12. The molecule has 4 N–H and O–H groups in total. The normalized spacial score (nSPS) is 12.0. The van der Waals surface area contributed by atoms with Gasteiger partial charge in [-0.1, -0.05) is 362 Å². The molecule has 0 saturated heterocycles. The lowest BCUT2D eigenvalue weighted by molar-refractivity contribution is -0.142. The van der Waals surface area contributed by atoms with Crippen molar-refractivity contribution < 1.29 is 57.9 Å². The van der Waals surface area contributed by atoms with Crippen LogP contribution in [0.4, 0.5) is 9.59 Å². The number of aliphatic carboxylic acids is 2. The lowest BCUT2D eigenvalue weighted by Crippen LogP contribution is -2.50. The van der Waals surface area contributed by atoms with Gasteiger partial charge < -0.3 is 49.6 Å². The molecule has 16 heteroatoms. The first kappa shape index (κ1) is 92.3. The highest BCUT2D eigenvalue weighted by Crippen LogP contribution is 2.20. The van der Waals surface area contributed by atoms with Crippen molar-refractivity contribution in [1.29, 1.82) is 0 Å². The van der Waals surface area contributed by atoms with Crippen LogP contribution in [0, 0.1) is 0 Å². The minimum absolute atomic E-state index is 0.0203. The summed E-state index contributed by atoms with van der Waals surface area (Å²) in [5, 5.41) is 24.7. The van der Waals surface area contributed by atoms with E-state index in [4.69, 9.17) is 18.9 Å². The number of carboxylic acid groups (broad SMARTS) is 2. The zero-order valence-electron chi connectivity index (χ0n) is 63.1. The van der Waals surface area contributed by atoms with Gasteiger partial charge in [-0.05, 0) is 25.7 Å². The molecule has 0 fully saturated rings. The minimum Gasteiger partial charge on any atom is -0.481 e. The fourth-order valence-electron chi connectivity index (χ4n) is 12.9. The van der Waals surface area contributed by atoms with Crippen LogP contribution in [0.3, 0.4) is 0 Å². The quantitative estimate of drug-likeness (QED) is 0.0419. The molecule has 2 atom stereocenters. The summed E-state index contributed by atoms with van der Waals surface area (Å²) in [7, 11) is 0. The van der Waals surface area contributed by atoms with Crippen molar-refractivity contribution >= 4 is 35.9 Å². The Kier molecular flexibility index (Phi) is 71.2. The van der Waals surface area contributed by atoms with Crippen molar-refractivity contribution in [3.8, 4) is 0 Å². The average molecular weight is 1360 g/mol. The molecule has 4 amide bonds. The van der Waals surface area contributed by atoms with Crippen molar-refractivity contribution in [1.82, 2.24) is 20.4 Å². The lowest BCUT2D eigenvalue weighted by Gasteiger charge is -2.27. The van der Waals surface area contributed by atoms with Gasteiger partial charge in [-0.2, -0.15) is 0 Å². The van der Waals surface area contributed by atoms with E-state index in [-0.39, 0.29) is 39.6 Å². The molecule has 0 aliphatic carbocycles. The summed E-state index contributed by atoms with van der Waals surface area (Å²) in [4.78, 5) is 81.7. The Morgan fingerprint density at radius 1 is 0.260 bits per heavy atom. The van der Waals surface area contributed by atoms with Gasteiger partial charge in [-0.3, -0.25) is 19.2 Å². The highest BCUT2D eigenvalue weighted by molar-refractivity contribution is 5.90. The number of ether oxygens (including phenoxy) is 4. The third kappa shape index (κ3) is 65.0. The number of hydrogen-bond donors (Lipinski definition) is 4. The van der Waals surface area contributed by atoms with E-state index >= 15 is 0 Å². The Labute approximate surface area is 589 Å². The maximum atomic E-state index is 14.0. The van der Waals surface area contributed by atoms with Crippen LogP contribution in [0.15, 0.2) is 0 Å².